The fraction of sp³-hybridized carbons (Fsp3) is 0.0909. The Labute approximate surface area is 358 Å². The number of fused-ring (bicyclic) bond motifs is 8. The largest absolute Gasteiger partial charge is 0.309 e. The molecule has 0 saturated carbocycles. The second-order valence-electron chi connectivity index (χ2n) is 16.6. The average molecular weight is 802 g/mol. The Kier molecular flexibility index (Phi) is 8.12. The Morgan fingerprint density at radius 2 is 1.21 bits per heavy atom. The molecule has 0 spiro atoms. The second-order valence-corrected chi connectivity index (χ2v) is 17.6. The molecule has 0 radical (unpaired) electrons. The molecule has 2 aliphatic rings. The molecule has 0 amide bonds. The molecular weight excluding hydrogens is 763 g/mol. The molecule has 10 aromatic rings. The average Bonchev–Trinajstić information content (AvgIpc) is 3.98. The van der Waals surface area contributed by atoms with Gasteiger partial charge in [0, 0.05) is 49.7 Å². The summed E-state index contributed by atoms with van der Waals surface area (Å²) >= 11 is 1.80. The molecule has 6 heteroatoms. The lowest BCUT2D eigenvalue weighted by Crippen LogP contribution is -2.14. The minimum atomic E-state index is -0.115. The molecule has 3 aromatic heterocycles. The molecule has 0 aliphatic heterocycles. The van der Waals surface area contributed by atoms with E-state index in [2.05, 4.69) is 176 Å². The van der Waals surface area contributed by atoms with Gasteiger partial charge < -0.3 is 4.57 Å². The Morgan fingerprint density at radius 3 is 2.03 bits per heavy atom. The van der Waals surface area contributed by atoms with Crippen molar-refractivity contribution in [1.82, 2.24) is 24.5 Å². The van der Waals surface area contributed by atoms with Crippen LogP contribution in [0.4, 0.5) is 0 Å². The first-order chi connectivity index (χ1) is 30.0. The summed E-state index contributed by atoms with van der Waals surface area (Å²) in [6, 6.07) is 56.6. The lowest BCUT2D eigenvalue weighted by atomic mass is 9.82. The van der Waals surface area contributed by atoms with Crippen molar-refractivity contribution in [3.8, 4) is 61.3 Å². The third-order valence-corrected chi connectivity index (χ3v) is 13.6. The molecule has 12 rings (SSSR count). The van der Waals surface area contributed by atoms with Gasteiger partial charge in [-0.3, -0.25) is 0 Å². The zero-order valence-corrected chi connectivity index (χ0v) is 34.6. The molecule has 61 heavy (non-hydrogen) atoms. The van der Waals surface area contributed by atoms with Crippen molar-refractivity contribution in [3.63, 3.8) is 0 Å². The van der Waals surface area contributed by atoms with Crippen LogP contribution in [0.25, 0.3) is 98.9 Å². The van der Waals surface area contributed by atoms with E-state index >= 15 is 0 Å². The zero-order valence-electron chi connectivity index (χ0n) is 33.8. The van der Waals surface area contributed by atoms with Gasteiger partial charge in [0.1, 0.15) is 5.01 Å². The van der Waals surface area contributed by atoms with Gasteiger partial charge in [0.05, 0.1) is 21.3 Å². The van der Waals surface area contributed by atoms with E-state index < -0.39 is 0 Å². The van der Waals surface area contributed by atoms with Gasteiger partial charge in [0.2, 0.25) is 0 Å². The first kappa shape index (κ1) is 35.6. The van der Waals surface area contributed by atoms with E-state index in [0.29, 0.717) is 17.5 Å². The van der Waals surface area contributed by atoms with E-state index in [1.165, 1.54) is 48.9 Å². The molecular formula is C55H39N5S. The smallest absolute Gasteiger partial charge is 0.164 e. The van der Waals surface area contributed by atoms with Gasteiger partial charge in [-0.05, 0) is 83.1 Å². The maximum Gasteiger partial charge on any atom is 0.164 e. The van der Waals surface area contributed by atoms with Gasteiger partial charge in [-0.15, -0.1) is 11.3 Å². The van der Waals surface area contributed by atoms with Crippen LogP contribution < -0.4 is 0 Å². The van der Waals surface area contributed by atoms with Crippen LogP contribution in [0, 0.1) is 0 Å². The summed E-state index contributed by atoms with van der Waals surface area (Å²) in [4.78, 5) is 20.2. The lowest BCUT2D eigenvalue weighted by Gasteiger charge is -2.21. The van der Waals surface area contributed by atoms with E-state index in [-0.39, 0.29) is 5.41 Å². The normalized spacial score (nSPS) is 14.1. The molecule has 5 nitrogen and oxygen atoms in total. The van der Waals surface area contributed by atoms with E-state index in [9.17, 15) is 0 Å². The van der Waals surface area contributed by atoms with Crippen molar-refractivity contribution in [2.45, 2.75) is 32.1 Å². The predicted molar refractivity (Wildman–Crippen MR) is 253 cm³/mol. The summed E-state index contributed by atoms with van der Waals surface area (Å²) in [5.74, 6) is 2.02. The van der Waals surface area contributed by atoms with Gasteiger partial charge >= 0.3 is 0 Å². The maximum atomic E-state index is 5.12. The van der Waals surface area contributed by atoms with Gasteiger partial charge in [-0.2, -0.15) is 0 Å². The van der Waals surface area contributed by atoms with Gasteiger partial charge in [0.25, 0.3) is 0 Å². The van der Waals surface area contributed by atoms with Crippen LogP contribution in [0.2, 0.25) is 0 Å². The van der Waals surface area contributed by atoms with Crippen molar-refractivity contribution >= 4 is 48.9 Å². The van der Waals surface area contributed by atoms with Gasteiger partial charge in [-0.1, -0.05) is 147 Å². The quantitative estimate of drug-likeness (QED) is 0.168. The molecule has 3 heterocycles. The monoisotopic (exact) mass is 801 g/mol. The third-order valence-electron chi connectivity index (χ3n) is 12.5. The molecule has 0 fully saturated rings. The number of rotatable bonds is 6. The maximum absolute atomic E-state index is 5.12. The Hall–Kier alpha value is -7.28. The molecule has 2 aliphatic carbocycles. The Morgan fingerprint density at radius 1 is 0.525 bits per heavy atom. The van der Waals surface area contributed by atoms with E-state index in [1.807, 2.05) is 18.2 Å². The molecule has 0 unspecified atom stereocenters. The second kappa shape index (κ2) is 13.9. The predicted octanol–water partition coefficient (Wildman–Crippen LogP) is 14.3. The van der Waals surface area contributed by atoms with Crippen LogP contribution in [0.15, 0.2) is 176 Å². The van der Waals surface area contributed by atoms with Gasteiger partial charge in [0.15, 0.2) is 17.5 Å². The zero-order chi connectivity index (χ0) is 40.7. The Bertz CT molecular complexity index is 3440. The first-order valence-corrected chi connectivity index (χ1v) is 21.8. The highest BCUT2D eigenvalue weighted by atomic mass is 32.1. The van der Waals surface area contributed by atoms with Crippen molar-refractivity contribution in [3.05, 3.63) is 193 Å². The number of benzene rings is 7. The number of hydrogen-bond donors (Lipinski definition) is 0. The number of aromatic nitrogens is 5. The first-order valence-electron chi connectivity index (χ1n) is 21.0. The topological polar surface area (TPSA) is 56.5 Å². The molecule has 0 atom stereocenters. The van der Waals surface area contributed by atoms with Crippen molar-refractivity contribution in [2.24, 2.45) is 0 Å². The minimum Gasteiger partial charge on any atom is -0.309 e. The van der Waals surface area contributed by atoms with Crippen LogP contribution in [0.1, 0.15) is 43.6 Å². The highest BCUT2D eigenvalue weighted by molar-refractivity contribution is 7.22. The minimum absolute atomic E-state index is 0.115. The Balaban J connectivity index is 0.974. The number of allylic oxidation sites excluding steroid dienone is 4. The van der Waals surface area contributed by atoms with Crippen LogP contribution in [-0.4, -0.2) is 24.5 Å². The molecule has 0 saturated heterocycles. The fourth-order valence-corrected chi connectivity index (χ4v) is 10.6. The summed E-state index contributed by atoms with van der Waals surface area (Å²) in [6.45, 7) is 4.71. The summed E-state index contributed by atoms with van der Waals surface area (Å²) in [7, 11) is 0. The van der Waals surface area contributed by atoms with Crippen LogP contribution in [0.3, 0.4) is 0 Å². The molecule has 7 aromatic carbocycles. The SMILES string of the molecule is CC1(C)c2ccc(-c3ccc4c(c3)c3ccccc3n4-c3cccc(-c4nc(C5=CCCC=C5)nc(-c5ccccc5)n4)c3)cc2-c2c1ccc1nc(-c3ccccc3)sc21. The van der Waals surface area contributed by atoms with E-state index in [0.717, 1.165) is 62.4 Å². The van der Waals surface area contributed by atoms with Crippen molar-refractivity contribution < 1.29 is 0 Å². The lowest BCUT2D eigenvalue weighted by molar-refractivity contribution is 0.661. The highest BCUT2D eigenvalue weighted by Gasteiger charge is 2.37. The molecule has 0 bridgehead atoms. The van der Waals surface area contributed by atoms with E-state index in [1.54, 1.807) is 11.3 Å². The summed E-state index contributed by atoms with van der Waals surface area (Å²) in [6.07, 6.45) is 8.55. The number of nitrogens with zero attached hydrogens (tertiary/aromatic N) is 5. The van der Waals surface area contributed by atoms with Crippen LogP contribution in [-0.2, 0) is 5.41 Å². The summed E-state index contributed by atoms with van der Waals surface area (Å²) in [5, 5.41) is 3.48. The standard InChI is InChI=1S/C55H39N5S/c1-55(2)44-27-25-37(33-43(44)49-45(55)28-29-46-50(49)61-54(56-46)36-19-10-5-11-20-36)38-26-30-48-42(32-38)41-23-12-13-24-47(41)60(48)40-22-14-21-39(31-40)53-58-51(34-15-6-3-7-16-34)57-52(59-53)35-17-8-4-9-18-35/h3,5-8,10-33H,4,9H2,1-2H3. The van der Waals surface area contributed by atoms with Crippen LogP contribution in [0.5, 0.6) is 0 Å². The third kappa shape index (κ3) is 5.81. The summed E-state index contributed by atoms with van der Waals surface area (Å²) < 4.78 is 3.63. The number of para-hydroxylation sites is 1. The number of hydrogen-bond acceptors (Lipinski definition) is 5. The molecule has 290 valence electrons. The highest BCUT2D eigenvalue weighted by Crippen LogP contribution is 2.53. The van der Waals surface area contributed by atoms with Gasteiger partial charge in [-0.25, -0.2) is 19.9 Å². The number of thiazole rings is 1. The van der Waals surface area contributed by atoms with Crippen molar-refractivity contribution in [1.29, 1.82) is 0 Å². The van der Waals surface area contributed by atoms with Crippen molar-refractivity contribution in [2.75, 3.05) is 0 Å². The van der Waals surface area contributed by atoms with E-state index in [4.69, 9.17) is 19.9 Å². The van der Waals surface area contributed by atoms with Crippen LogP contribution >= 0.6 is 11.3 Å². The fourth-order valence-electron chi connectivity index (χ4n) is 9.45. The summed E-state index contributed by atoms with van der Waals surface area (Å²) in [5.41, 5.74) is 16.1. The molecule has 0 N–H and O–H groups in total.